The summed E-state index contributed by atoms with van der Waals surface area (Å²) in [4.78, 5) is 4.15. The first-order valence-corrected chi connectivity index (χ1v) is 6.38. The largest absolute Gasteiger partial charge is 0.357 e. The molecular weight excluding hydrogens is 200 g/mol. The minimum Gasteiger partial charge on any atom is -0.357 e. The summed E-state index contributed by atoms with van der Waals surface area (Å²) in [7, 11) is 0. The highest BCUT2D eigenvalue weighted by atomic mass is 16.5. The molecule has 0 radical (unpaired) electrons. The van der Waals surface area contributed by atoms with Gasteiger partial charge in [-0.1, -0.05) is 6.92 Å². The molecule has 3 nitrogen and oxygen atoms in total. The Bertz CT molecular complexity index is 402. The molecule has 2 saturated carbocycles. The number of nitrogens with zero attached hydrogens (tertiary/aromatic N) is 2. The Balaban J connectivity index is 1.73. The predicted molar refractivity (Wildman–Crippen MR) is 59.6 cm³/mol. The number of hydrogen-bond acceptors (Lipinski definition) is 2. The minimum absolute atomic E-state index is 0.253. The van der Waals surface area contributed by atoms with E-state index in [2.05, 4.69) is 16.5 Å². The van der Waals surface area contributed by atoms with Crippen LogP contribution in [0.15, 0.2) is 18.7 Å². The van der Waals surface area contributed by atoms with Crippen LogP contribution in [0.2, 0.25) is 0 Å². The molecule has 0 unspecified atom stereocenters. The van der Waals surface area contributed by atoms with Gasteiger partial charge in [0.2, 0.25) is 0 Å². The Morgan fingerprint density at radius 3 is 3.19 bits per heavy atom. The predicted octanol–water partition coefficient (Wildman–Crippen LogP) is 2.46. The highest BCUT2D eigenvalue weighted by Crippen LogP contribution is 2.65. The Morgan fingerprint density at radius 1 is 1.44 bits per heavy atom. The maximum absolute atomic E-state index is 6.07. The summed E-state index contributed by atoms with van der Waals surface area (Å²) in [5, 5.41) is 0. The van der Waals surface area contributed by atoms with Crippen LogP contribution < -0.4 is 0 Å². The van der Waals surface area contributed by atoms with E-state index in [0.717, 1.165) is 24.4 Å². The van der Waals surface area contributed by atoms with E-state index in [1.165, 1.54) is 19.3 Å². The van der Waals surface area contributed by atoms with Gasteiger partial charge in [-0.3, -0.25) is 0 Å². The first-order valence-electron chi connectivity index (χ1n) is 6.38. The van der Waals surface area contributed by atoms with E-state index in [1.54, 1.807) is 0 Å². The molecule has 5 atom stereocenters. The minimum atomic E-state index is 0.253. The number of hydrogen-bond donors (Lipinski definition) is 0. The van der Waals surface area contributed by atoms with Gasteiger partial charge in [0.15, 0.2) is 0 Å². The van der Waals surface area contributed by atoms with Crippen LogP contribution in [0.3, 0.4) is 0 Å². The Kier molecular flexibility index (Phi) is 1.67. The van der Waals surface area contributed by atoms with Crippen molar-refractivity contribution in [2.75, 3.05) is 6.61 Å². The van der Waals surface area contributed by atoms with Crippen LogP contribution in [0.25, 0.3) is 0 Å². The van der Waals surface area contributed by atoms with Gasteiger partial charge in [-0.2, -0.15) is 0 Å². The normalized spacial score (nSPS) is 49.8. The SMILES string of the molecule is C[C@@]12CO[C@H](n3ccnc3)[C@@H]1[C@H]1CC[C@@H]2C1. The smallest absolute Gasteiger partial charge is 0.138 e. The van der Waals surface area contributed by atoms with Gasteiger partial charge in [0.1, 0.15) is 6.23 Å². The first-order chi connectivity index (χ1) is 7.79. The maximum atomic E-state index is 6.07. The maximum Gasteiger partial charge on any atom is 0.138 e. The molecular formula is C13H18N2O. The Labute approximate surface area is 95.8 Å². The van der Waals surface area contributed by atoms with E-state index in [4.69, 9.17) is 4.74 Å². The molecule has 16 heavy (non-hydrogen) atoms. The van der Waals surface area contributed by atoms with Gasteiger partial charge in [-0.05, 0) is 31.1 Å². The van der Waals surface area contributed by atoms with Crippen LogP contribution in [0.5, 0.6) is 0 Å². The summed E-state index contributed by atoms with van der Waals surface area (Å²) in [6.07, 6.45) is 10.3. The van der Waals surface area contributed by atoms with Crippen LogP contribution >= 0.6 is 0 Å². The second-order valence-electron chi connectivity index (χ2n) is 6.01. The third-order valence-corrected chi connectivity index (χ3v) is 5.37. The summed E-state index contributed by atoms with van der Waals surface area (Å²) in [5.74, 6) is 2.53. The highest BCUT2D eigenvalue weighted by molar-refractivity contribution is 5.08. The molecule has 0 spiro atoms. The van der Waals surface area contributed by atoms with E-state index in [0.29, 0.717) is 5.41 Å². The lowest BCUT2D eigenvalue weighted by atomic mass is 9.68. The number of fused-ring (bicyclic) bond motifs is 5. The van der Waals surface area contributed by atoms with E-state index in [-0.39, 0.29) is 6.23 Å². The molecule has 1 aromatic rings. The second kappa shape index (κ2) is 2.89. The van der Waals surface area contributed by atoms with E-state index in [1.807, 2.05) is 18.7 Å². The number of ether oxygens (including phenoxy) is 1. The fourth-order valence-corrected chi connectivity index (χ4v) is 4.58. The monoisotopic (exact) mass is 218 g/mol. The van der Waals surface area contributed by atoms with Crippen LogP contribution in [0, 0.1) is 23.2 Å². The molecule has 3 aliphatic rings. The second-order valence-corrected chi connectivity index (χ2v) is 6.01. The number of rotatable bonds is 1. The van der Waals surface area contributed by atoms with Gasteiger partial charge >= 0.3 is 0 Å². The lowest BCUT2D eigenvalue weighted by molar-refractivity contribution is 0.0185. The number of aromatic nitrogens is 2. The van der Waals surface area contributed by atoms with Crippen LogP contribution in [0.4, 0.5) is 0 Å². The number of imidazole rings is 1. The average Bonchev–Trinajstić information content (AvgIpc) is 2.97. The van der Waals surface area contributed by atoms with E-state index >= 15 is 0 Å². The summed E-state index contributed by atoms with van der Waals surface area (Å²) in [5.41, 5.74) is 0.442. The van der Waals surface area contributed by atoms with Gasteiger partial charge < -0.3 is 9.30 Å². The zero-order valence-electron chi connectivity index (χ0n) is 9.67. The summed E-state index contributed by atoms with van der Waals surface area (Å²) in [6.45, 7) is 3.39. The quantitative estimate of drug-likeness (QED) is 0.724. The average molecular weight is 218 g/mol. The topological polar surface area (TPSA) is 27.1 Å². The summed E-state index contributed by atoms with van der Waals surface area (Å²) < 4.78 is 8.23. The molecule has 0 N–H and O–H groups in total. The zero-order valence-corrected chi connectivity index (χ0v) is 9.67. The van der Waals surface area contributed by atoms with Gasteiger partial charge in [0, 0.05) is 23.7 Å². The standard InChI is InChI=1S/C13H18N2O/c1-13-7-16-12(15-5-4-14-8-15)11(13)9-2-3-10(13)6-9/h4-5,8-12H,2-3,6-7H2,1H3/t9-,10+,11-,12-,13-/m0/s1. The molecule has 4 rings (SSSR count). The summed E-state index contributed by atoms with van der Waals surface area (Å²) in [6, 6.07) is 0. The van der Waals surface area contributed by atoms with Crippen molar-refractivity contribution in [3.8, 4) is 0 Å². The fraction of sp³-hybridized carbons (Fsp3) is 0.769. The lowest BCUT2D eigenvalue weighted by Crippen LogP contribution is -2.33. The fourth-order valence-electron chi connectivity index (χ4n) is 4.58. The van der Waals surface area contributed by atoms with Gasteiger partial charge in [-0.15, -0.1) is 0 Å². The lowest BCUT2D eigenvalue weighted by Gasteiger charge is -2.35. The molecule has 2 bridgehead atoms. The first kappa shape index (κ1) is 9.23. The molecule has 3 heteroatoms. The molecule has 1 aromatic heterocycles. The van der Waals surface area contributed by atoms with Crippen molar-refractivity contribution < 1.29 is 4.74 Å². The molecule has 3 fully saturated rings. The molecule has 86 valence electrons. The van der Waals surface area contributed by atoms with Crippen molar-refractivity contribution >= 4 is 0 Å². The van der Waals surface area contributed by atoms with Crippen molar-refractivity contribution in [1.29, 1.82) is 0 Å². The third kappa shape index (κ3) is 0.956. The molecule has 1 saturated heterocycles. The van der Waals surface area contributed by atoms with Crippen LogP contribution in [0.1, 0.15) is 32.4 Å². The Hall–Kier alpha value is -0.830. The van der Waals surface area contributed by atoms with Crippen molar-refractivity contribution in [1.82, 2.24) is 9.55 Å². The van der Waals surface area contributed by atoms with Crippen molar-refractivity contribution in [3.05, 3.63) is 18.7 Å². The van der Waals surface area contributed by atoms with Crippen LogP contribution in [-0.4, -0.2) is 16.2 Å². The third-order valence-electron chi connectivity index (χ3n) is 5.37. The van der Waals surface area contributed by atoms with Gasteiger partial charge in [0.25, 0.3) is 0 Å². The molecule has 1 aliphatic heterocycles. The summed E-state index contributed by atoms with van der Waals surface area (Å²) >= 11 is 0. The van der Waals surface area contributed by atoms with Crippen LogP contribution in [-0.2, 0) is 4.74 Å². The Morgan fingerprint density at radius 2 is 2.38 bits per heavy atom. The van der Waals surface area contributed by atoms with Gasteiger partial charge in [0.05, 0.1) is 12.9 Å². The zero-order chi connectivity index (χ0) is 10.8. The van der Waals surface area contributed by atoms with E-state index < -0.39 is 0 Å². The van der Waals surface area contributed by atoms with Crippen molar-refractivity contribution in [3.63, 3.8) is 0 Å². The van der Waals surface area contributed by atoms with Crippen molar-refractivity contribution in [2.45, 2.75) is 32.4 Å². The highest BCUT2D eigenvalue weighted by Gasteiger charge is 2.62. The van der Waals surface area contributed by atoms with Crippen molar-refractivity contribution in [2.24, 2.45) is 23.2 Å². The van der Waals surface area contributed by atoms with Gasteiger partial charge in [-0.25, -0.2) is 4.98 Å². The molecule has 0 aromatic carbocycles. The van der Waals surface area contributed by atoms with E-state index in [9.17, 15) is 0 Å². The molecule has 0 amide bonds. The molecule has 2 aliphatic carbocycles. The molecule has 2 heterocycles.